The molecule has 1 aliphatic heterocycles. The first-order valence-corrected chi connectivity index (χ1v) is 7.79. The summed E-state index contributed by atoms with van der Waals surface area (Å²) in [5.74, 6) is 1.49. The molecule has 1 aromatic rings. The third-order valence-electron chi connectivity index (χ3n) is 4.40. The monoisotopic (exact) mass is 273 g/mol. The Hall–Kier alpha value is -1.35. The number of benzene rings is 1. The second-order valence-electron chi connectivity index (χ2n) is 5.94. The van der Waals surface area contributed by atoms with Crippen molar-refractivity contribution in [3.8, 4) is 0 Å². The topological polar surface area (TPSA) is 38.3 Å². The van der Waals surface area contributed by atoms with E-state index in [0.717, 1.165) is 38.3 Å². The number of rotatable bonds is 6. The van der Waals surface area contributed by atoms with Gasteiger partial charge in [-0.2, -0.15) is 0 Å². The van der Waals surface area contributed by atoms with Crippen molar-refractivity contribution >= 4 is 5.91 Å². The summed E-state index contributed by atoms with van der Waals surface area (Å²) in [6.45, 7) is 1.49. The Morgan fingerprint density at radius 1 is 1.25 bits per heavy atom. The molecule has 1 saturated carbocycles. The van der Waals surface area contributed by atoms with Crippen LogP contribution in [0.1, 0.15) is 43.6 Å². The third kappa shape index (κ3) is 3.40. The highest BCUT2D eigenvalue weighted by Crippen LogP contribution is 2.44. The van der Waals surface area contributed by atoms with Crippen LogP contribution in [0.4, 0.5) is 0 Å². The molecule has 0 spiro atoms. The maximum absolute atomic E-state index is 11.9. The van der Waals surface area contributed by atoms with Crippen molar-refractivity contribution in [1.29, 1.82) is 0 Å². The minimum Gasteiger partial charge on any atom is -0.368 e. The number of carbonyl (C=O) groups is 1. The van der Waals surface area contributed by atoms with Gasteiger partial charge in [0.15, 0.2) is 0 Å². The molecular formula is C17H23NO2. The van der Waals surface area contributed by atoms with Gasteiger partial charge in [0.1, 0.15) is 6.10 Å². The maximum Gasteiger partial charge on any atom is 0.249 e. The summed E-state index contributed by atoms with van der Waals surface area (Å²) >= 11 is 0. The van der Waals surface area contributed by atoms with Crippen LogP contribution in [-0.4, -0.2) is 25.2 Å². The van der Waals surface area contributed by atoms with Gasteiger partial charge < -0.3 is 10.1 Å². The number of hydrogen-bond donors (Lipinski definition) is 1. The molecule has 20 heavy (non-hydrogen) atoms. The molecule has 0 aromatic heterocycles. The molecule has 2 fully saturated rings. The van der Waals surface area contributed by atoms with E-state index in [1.807, 2.05) is 0 Å². The Morgan fingerprint density at radius 3 is 2.70 bits per heavy atom. The van der Waals surface area contributed by atoms with Gasteiger partial charge in [-0.3, -0.25) is 4.79 Å². The largest absolute Gasteiger partial charge is 0.368 e. The number of amides is 1. The van der Waals surface area contributed by atoms with Gasteiger partial charge in [-0.25, -0.2) is 0 Å². The van der Waals surface area contributed by atoms with Crippen LogP contribution in [0.3, 0.4) is 0 Å². The van der Waals surface area contributed by atoms with E-state index in [1.165, 1.54) is 18.4 Å². The Balaban J connectivity index is 1.49. The standard InChI is InChI=1S/C17H23NO2/c19-17(16-7-4-12-20-16)18-11-10-15(14-8-9-14)13-5-2-1-3-6-13/h1-3,5-6,14-16H,4,7-12H2,(H,18,19). The summed E-state index contributed by atoms with van der Waals surface area (Å²) in [5, 5.41) is 3.04. The highest BCUT2D eigenvalue weighted by atomic mass is 16.5. The van der Waals surface area contributed by atoms with E-state index in [9.17, 15) is 4.79 Å². The minimum atomic E-state index is -0.203. The highest BCUT2D eigenvalue weighted by molar-refractivity contribution is 5.80. The zero-order chi connectivity index (χ0) is 13.8. The van der Waals surface area contributed by atoms with E-state index < -0.39 is 0 Å². The van der Waals surface area contributed by atoms with E-state index >= 15 is 0 Å². The van der Waals surface area contributed by atoms with E-state index in [-0.39, 0.29) is 12.0 Å². The molecule has 1 N–H and O–H groups in total. The van der Waals surface area contributed by atoms with Crippen LogP contribution in [0.2, 0.25) is 0 Å². The van der Waals surface area contributed by atoms with E-state index in [0.29, 0.717) is 5.92 Å². The lowest BCUT2D eigenvalue weighted by molar-refractivity contribution is -0.130. The fraction of sp³-hybridized carbons (Fsp3) is 0.588. The minimum absolute atomic E-state index is 0.0742. The van der Waals surface area contributed by atoms with Crippen molar-refractivity contribution in [2.24, 2.45) is 5.92 Å². The number of carbonyl (C=O) groups excluding carboxylic acids is 1. The second-order valence-corrected chi connectivity index (χ2v) is 5.94. The summed E-state index contributed by atoms with van der Waals surface area (Å²) in [6.07, 6.45) is 5.38. The third-order valence-corrected chi connectivity index (χ3v) is 4.40. The van der Waals surface area contributed by atoms with Gasteiger partial charge in [0.2, 0.25) is 5.91 Å². The zero-order valence-corrected chi connectivity index (χ0v) is 11.9. The lowest BCUT2D eigenvalue weighted by Crippen LogP contribution is -2.35. The molecule has 1 aliphatic carbocycles. The smallest absolute Gasteiger partial charge is 0.249 e. The molecule has 108 valence electrons. The molecule has 0 radical (unpaired) electrons. The van der Waals surface area contributed by atoms with Gasteiger partial charge >= 0.3 is 0 Å². The normalized spacial score (nSPS) is 23.5. The van der Waals surface area contributed by atoms with Crippen molar-refractivity contribution < 1.29 is 9.53 Å². The fourth-order valence-electron chi connectivity index (χ4n) is 3.12. The molecule has 2 unspecified atom stereocenters. The van der Waals surface area contributed by atoms with Gasteiger partial charge in [0.25, 0.3) is 0 Å². The first-order chi connectivity index (χ1) is 9.84. The van der Waals surface area contributed by atoms with Crippen molar-refractivity contribution in [3.63, 3.8) is 0 Å². The van der Waals surface area contributed by atoms with Crippen molar-refractivity contribution in [1.82, 2.24) is 5.32 Å². The van der Waals surface area contributed by atoms with Gasteiger partial charge in [-0.1, -0.05) is 30.3 Å². The summed E-state index contributed by atoms with van der Waals surface area (Å²) in [4.78, 5) is 11.9. The van der Waals surface area contributed by atoms with Gasteiger partial charge in [-0.05, 0) is 49.5 Å². The van der Waals surface area contributed by atoms with Crippen molar-refractivity contribution in [2.45, 2.75) is 44.1 Å². The SMILES string of the molecule is O=C(NCCC(c1ccccc1)C1CC1)C1CCCO1. The lowest BCUT2D eigenvalue weighted by Gasteiger charge is -2.18. The van der Waals surface area contributed by atoms with E-state index in [4.69, 9.17) is 4.74 Å². The molecule has 1 aromatic carbocycles. The molecule has 0 bridgehead atoms. The Morgan fingerprint density at radius 2 is 2.05 bits per heavy atom. The van der Waals surface area contributed by atoms with Crippen molar-refractivity contribution in [2.75, 3.05) is 13.2 Å². The summed E-state index contributed by atoms with van der Waals surface area (Å²) < 4.78 is 5.40. The molecule has 3 rings (SSSR count). The number of hydrogen-bond acceptors (Lipinski definition) is 2. The molecule has 1 saturated heterocycles. The molecule has 2 atom stereocenters. The number of ether oxygens (including phenoxy) is 1. The van der Waals surface area contributed by atoms with Gasteiger partial charge in [0.05, 0.1) is 0 Å². The Bertz CT molecular complexity index is 436. The molecule has 2 aliphatic rings. The van der Waals surface area contributed by atoms with Gasteiger partial charge in [-0.15, -0.1) is 0 Å². The summed E-state index contributed by atoms with van der Waals surface area (Å²) in [5.41, 5.74) is 1.42. The molecule has 3 nitrogen and oxygen atoms in total. The summed E-state index contributed by atoms with van der Waals surface area (Å²) in [7, 11) is 0. The van der Waals surface area contributed by atoms with Gasteiger partial charge in [0, 0.05) is 13.2 Å². The molecule has 1 amide bonds. The van der Waals surface area contributed by atoms with Crippen LogP contribution >= 0.6 is 0 Å². The first kappa shape index (κ1) is 13.6. The van der Waals surface area contributed by atoms with Crippen molar-refractivity contribution in [3.05, 3.63) is 35.9 Å². The molecule has 3 heteroatoms. The van der Waals surface area contributed by atoms with Crippen LogP contribution in [0.25, 0.3) is 0 Å². The highest BCUT2D eigenvalue weighted by Gasteiger charge is 2.32. The quantitative estimate of drug-likeness (QED) is 0.865. The van der Waals surface area contributed by atoms with Crippen LogP contribution < -0.4 is 5.32 Å². The molecule has 1 heterocycles. The second kappa shape index (κ2) is 6.40. The lowest BCUT2D eigenvalue weighted by atomic mass is 9.91. The van der Waals surface area contributed by atoms with Crippen LogP contribution in [0, 0.1) is 5.92 Å². The van der Waals surface area contributed by atoms with Crippen LogP contribution in [0.5, 0.6) is 0 Å². The fourth-order valence-corrected chi connectivity index (χ4v) is 3.12. The maximum atomic E-state index is 11.9. The Kier molecular flexibility index (Phi) is 4.36. The average molecular weight is 273 g/mol. The van der Waals surface area contributed by atoms with Crippen LogP contribution in [0.15, 0.2) is 30.3 Å². The Labute approximate surface area is 120 Å². The number of nitrogens with one attached hydrogen (secondary N) is 1. The zero-order valence-electron chi connectivity index (χ0n) is 11.9. The van der Waals surface area contributed by atoms with Crippen LogP contribution in [-0.2, 0) is 9.53 Å². The predicted octanol–water partition coefficient (Wildman–Crippen LogP) is 2.87. The summed E-state index contributed by atoms with van der Waals surface area (Å²) in [6, 6.07) is 10.7. The first-order valence-electron chi connectivity index (χ1n) is 7.79. The molecular weight excluding hydrogens is 250 g/mol. The average Bonchev–Trinajstić information content (AvgIpc) is 3.17. The predicted molar refractivity (Wildman–Crippen MR) is 78.5 cm³/mol. The van der Waals surface area contributed by atoms with E-state index in [1.54, 1.807) is 0 Å². The van der Waals surface area contributed by atoms with E-state index in [2.05, 4.69) is 35.6 Å².